The first-order valence-electron chi connectivity index (χ1n) is 8.39. The first-order valence-corrected chi connectivity index (χ1v) is 8.39. The number of likely N-dealkylation sites (tertiary alicyclic amines) is 1. The average Bonchev–Trinajstić information content (AvgIpc) is 2.33. The van der Waals surface area contributed by atoms with Gasteiger partial charge in [-0.05, 0) is 58.3 Å². The number of hydrogen-bond donors (Lipinski definition) is 1. The summed E-state index contributed by atoms with van der Waals surface area (Å²) in [6.45, 7) is 14.4. The van der Waals surface area contributed by atoms with Crippen LogP contribution in [0.5, 0.6) is 0 Å². The molecule has 19 heavy (non-hydrogen) atoms. The molecular formula is C17H34N2. The molecule has 0 aromatic rings. The van der Waals surface area contributed by atoms with Crippen molar-refractivity contribution >= 4 is 0 Å². The van der Waals surface area contributed by atoms with E-state index in [1.807, 2.05) is 0 Å². The minimum absolute atomic E-state index is 0.344. The third-order valence-electron chi connectivity index (χ3n) is 5.42. The third-order valence-corrected chi connectivity index (χ3v) is 5.42. The molecule has 0 aromatic carbocycles. The van der Waals surface area contributed by atoms with E-state index in [9.17, 15) is 0 Å². The lowest BCUT2D eigenvalue weighted by Crippen LogP contribution is -2.54. The molecule has 2 unspecified atom stereocenters. The van der Waals surface area contributed by atoms with Crippen LogP contribution < -0.4 is 5.32 Å². The van der Waals surface area contributed by atoms with Gasteiger partial charge < -0.3 is 5.32 Å². The van der Waals surface area contributed by atoms with Gasteiger partial charge in [-0.2, -0.15) is 0 Å². The van der Waals surface area contributed by atoms with E-state index in [4.69, 9.17) is 0 Å². The highest BCUT2D eigenvalue weighted by Crippen LogP contribution is 2.30. The van der Waals surface area contributed by atoms with E-state index in [0.717, 1.165) is 23.9 Å². The number of hydrogen-bond acceptors (Lipinski definition) is 2. The summed E-state index contributed by atoms with van der Waals surface area (Å²) < 4.78 is 0. The number of rotatable bonds is 2. The Morgan fingerprint density at radius 1 is 0.895 bits per heavy atom. The van der Waals surface area contributed by atoms with Crippen LogP contribution in [0.1, 0.15) is 66.7 Å². The second kappa shape index (κ2) is 6.13. The zero-order chi connectivity index (χ0) is 14.0. The predicted octanol–water partition coefficient (Wildman–Crippen LogP) is 3.66. The van der Waals surface area contributed by atoms with Crippen molar-refractivity contribution < 1.29 is 0 Å². The molecule has 0 bridgehead atoms. The summed E-state index contributed by atoms with van der Waals surface area (Å²) in [5.74, 6) is 1.73. The second-order valence-electron chi connectivity index (χ2n) is 8.01. The van der Waals surface area contributed by atoms with E-state index in [0.29, 0.717) is 5.54 Å². The van der Waals surface area contributed by atoms with Gasteiger partial charge in [0.1, 0.15) is 0 Å². The smallest absolute Gasteiger partial charge is 0.0125 e. The molecule has 2 fully saturated rings. The van der Waals surface area contributed by atoms with E-state index in [1.54, 1.807) is 0 Å². The normalized spacial score (nSPS) is 35.5. The minimum atomic E-state index is 0.344. The van der Waals surface area contributed by atoms with E-state index in [-0.39, 0.29) is 0 Å². The molecule has 2 aliphatic rings. The van der Waals surface area contributed by atoms with Gasteiger partial charge in [0, 0.05) is 30.7 Å². The quantitative estimate of drug-likeness (QED) is 0.820. The van der Waals surface area contributed by atoms with Crippen molar-refractivity contribution in [2.75, 3.05) is 13.1 Å². The monoisotopic (exact) mass is 266 g/mol. The summed E-state index contributed by atoms with van der Waals surface area (Å²) in [7, 11) is 0. The van der Waals surface area contributed by atoms with E-state index >= 15 is 0 Å². The molecule has 2 heteroatoms. The zero-order valence-corrected chi connectivity index (χ0v) is 13.7. The third kappa shape index (κ3) is 3.95. The van der Waals surface area contributed by atoms with Crippen LogP contribution in [0, 0.1) is 11.8 Å². The number of piperidine rings is 1. The fraction of sp³-hybridized carbons (Fsp3) is 1.00. The van der Waals surface area contributed by atoms with Crippen molar-refractivity contribution in [3.63, 3.8) is 0 Å². The van der Waals surface area contributed by atoms with Crippen LogP contribution >= 0.6 is 0 Å². The Bertz CT molecular complexity index is 263. The number of nitrogens with zero attached hydrogens (tertiary/aromatic N) is 1. The lowest BCUT2D eigenvalue weighted by Gasteiger charge is -2.44. The van der Waals surface area contributed by atoms with E-state index in [1.165, 1.54) is 45.2 Å². The van der Waals surface area contributed by atoms with Crippen LogP contribution in [-0.4, -0.2) is 35.6 Å². The SMILES string of the molecule is CC1CCCC(C)C1NC1CCN(C(C)(C)C)CC1. The van der Waals surface area contributed by atoms with Gasteiger partial charge in [0.15, 0.2) is 0 Å². The van der Waals surface area contributed by atoms with Gasteiger partial charge in [0.2, 0.25) is 0 Å². The van der Waals surface area contributed by atoms with Crippen LogP contribution in [0.15, 0.2) is 0 Å². The van der Waals surface area contributed by atoms with Crippen molar-refractivity contribution in [2.24, 2.45) is 11.8 Å². The predicted molar refractivity (Wildman–Crippen MR) is 83.5 cm³/mol. The molecule has 2 atom stereocenters. The molecule has 1 heterocycles. The van der Waals surface area contributed by atoms with Gasteiger partial charge >= 0.3 is 0 Å². The molecule has 1 saturated carbocycles. The van der Waals surface area contributed by atoms with Gasteiger partial charge in [-0.3, -0.25) is 4.90 Å². The summed E-state index contributed by atoms with van der Waals surface area (Å²) in [5, 5.41) is 4.00. The Kier molecular flexibility index (Phi) is 4.94. The summed E-state index contributed by atoms with van der Waals surface area (Å²) in [6.07, 6.45) is 6.93. The van der Waals surface area contributed by atoms with Crippen LogP contribution in [0.25, 0.3) is 0 Å². The largest absolute Gasteiger partial charge is 0.311 e. The van der Waals surface area contributed by atoms with Gasteiger partial charge in [-0.25, -0.2) is 0 Å². The highest BCUT2D eigenvalue weighted by Gasteiger charge is 2.32. The molecule has 1 N–H and O–H groups in total. The molecule has 2 nitrogen and oxygen atoms in total. The Hall–Kier alpha value is -0.0800. The molecule has 2 rings (SSSR count). The maximum absolute atomic E-state index is 4.00. The van der Waals surface area contributed by atoms with Crippen LogP contribution in [0.3, 0.4) is 0 Å². The summed E-state index contributed by atoms with van der Waals surface area (Å²) in [5.41, 5.74) is 0.344. The van der Waals surface area contributed by atoms with Crippen molar-refractivity contribution in [2.45, 2.75) is 84.3 Å². The van der Waals surface area contributed by atoms with Crippen LogP contribution in [0.4, 0.5) is 0 Å². The maximum Gasteiger partial charge on any atom is 0.0125 e. The van der Waals surface area contributed by atoms with Crippen molar-refractivity contribution in [1.29, 1.82) is 0 Å². The molecule has 0 aromatic heterocycles. The molecule has 112 valence electrons. The Morgan fingerprint density at radius 3 is 1.89 bits per heavy atom. The Labute approximate surface area is 120 Å². The van der Waals surface area contributed by atoms with E-state index in [2.05, 4.69) is 44.8 Å². The Balaban J connectivity index is 1.82. The fourth-order valence-corrected chi connectivity index (χ4v) is 4.00. The second-order valence-corrected chi connectivity index (χ2v) is 8.01. The maximum atomic E-state index is 4.00. The van der Waals surface area contributed by atoms with Gasteiger partial charge in [0.05, 0.1) is 0 Å². The molecular weight excluding hydrogens is 232 g/mol. The first kappa shape index (κ1) is 15.3. The van der Waals surface area contributed by atoms with Gasteiger partial charge in [0.25, 0.3) is 0 Å². The standard InChI is InChI=1S/C17H34N2/c1-13-7-6-8-14(2)16(13)18-15-9-11-19(12-10-15)17(3,4)5/h13-16,18H,6-12H2,1-5H3. The topological polar surface area (TPSA) is 15.3 Å². The van der Waals surface area contributed by atoms with Crippen LogP contribution in [-0.2, 0) is 0 Å². The fourth-order valence-electron chi connectivity index (χ4n) is 4.00. The molecule has 0 radical (unpaired) electrons. The van der Waals surface area contributed by atoms with Crippen molar-refractivity contribution in [1.82, 2.24) is 10.2 Å². The zero-order valence-electron chi connectivity index (χ0n) is 13.7. The molecule has 1 saturated heterocycles. The van der Waals surface area contributed by atoms with Crippen molar-refractivity contribution in [3.8, 4) is 0 Å². The Morgan fingerprint density at radius 2 is 1.42 bits per heavy atom. The first-order chi connectivity index (χ1) is 8.88. The molecule has 0 spiro atoms. The lowest BCUT2D eigenvalue weighted by atomic mass is 9.78. The highest BCUT2D eigenvalue weighted by atomic mass is 15.2. The minimum Gasteiger partial charge on any atom is -0.311 e. The van der Waals surface area contributed by atoms with Crippen LogP contribution in [0.2, 0.25) is 0 Å². The number of nitrogens with one attached hydrogen (secondary N) is 1. The van der Waals surface area contributed by atoms with Crippen molar-refractivity contribution in [3.05, 3.63) is 0 Å². The van der Waals surface area contributed by atoms with E-state index < -0.39 is 0 Å². The highest BCUT2D eigenvalue weighted by molar-refractivity contribution is 4.90. The molecule has 0 amide bonds. The average molecular weight is 266 g/mol. The van der Waals surface area contributed by atoms with Gasteiger partial charge in [-0.1, -0.05) is 20.3 Å². The van der Waals surface area contributed by atoms with Gasteiger partial charge in [-0.15, -0.1) is 0 Å². The summed E-state index contributed by atoms with van der Waals surface area (Å²) in [6, 6.07) is 1.52. The lowest BCUT2D eigenvalue weighted by molar-refractivity contribution is 0.0842. The molecule has 1 aliphatic heterocycles. The summed E-state index contributed by atoms with van der Waals surface area (Å²) >= 11 is 0. The molecule has 1 aliphatic carbocycles. The summed E-state index contributed by atoms with van der Waals surface area (Å²) in [4.78, 5) is 2.64.